The zero-order valence-corrected chi connectivity index (χ0v) is 15.9. The van der Waals surface area contributed by atoms with Crippen molar-refractivity contribution in [2.75, 3.05) is 44.9 Å². The fourth-order valence-corrected chi connectivity index (χ4v) is 2.77. The minimum atomic E-state index is -0.726. The molecular weight excluding hydrogens is 378 g/mol. The number of carbonyl (C=O) groups excluding carboxylic acids is 3. The molecule has 1 aliphatic rings. The zero-order valence-electron chi connectivity index (χ0n) is 15.9. The fraction of sp³-hybridized carbons (Fsp3) is 0.300. The highest BCUT2D eigenvalue weighted by atomic mass is 16.5. The number of amides is 2. The monoisotopic (exact) mass is 399 g/mol. The third-order valence-corrected chi connectivity index (χ3v) is 4.26. The van der Waals surface area contributed by atoms with Crippen molar-refractivity contribution < 1.29 is 28.6 Å². The number of carbonyl (C=O) groups is 3. The van der Waals surface area contributed by atoms with Gasteiger partial charge in [0.05, 0.1) is 20.3 Å². The summed E-state index contributed by atoms with van der Waals surface area (Å²) in [6, 6.07) is 9.47. The van der Waals surface area contributed by atoms with Crippen LogP contribution in [0.2, 0.25) is 0 Å². The number of rotatable bonds is 6. The molecule has 2 amide bonds. The van der Waals surface area contributed by atoms with Crippen LogP contribution in [0, 0.1) is 0 Å². The molecule has 0 saturated carbocycles. The third kappa shape index (κ3) is 5.29. The van der Waals surface area contributed by atoms with E-state index in [2.05, 4.69) is 10.3 Å². The lowest BCUT2D eigenvalue weighted by atomic mass is 10.2. The van der Waals surface area contributed by atoms with Gasteiger partial charge in [-0.25, -0.2) is 9.78 Å². The molecule has 3 rings (SSSR count). The van der Waals surface area contributed by atoms with E-state index in [4.69, 9.17) is 14.2 Å². The summed E-state index contributed by atoms with van der Waals surface area (Å²) in [5.41, 5.74) is 0.538. The highest BCUT2D eigenvalue weighted by molar-refractivity contribution is 6.05. The van der Waals surface area contributed by atoms with Crippen LogP contribution in [0.15, 0.2) is 42.6 Å². The van der Waals surface area contributed by atoms with Crippen LogP contribution in [0.5, 0.6) is 5.75 Å². The number of benzene rings is 1. The average Bonchev–Trinajstić information content (AvgIpc) is 2.78. The van der Waals surface area contributed by atoms with Gasteiger partial charge in [-0.15, -0.1) is 0 Å². The molecule has 0 radical (unpaired) electrons. The quantitative estimate of drug-likeness (QED) is 0.718. The van der Waals surface area contributed by atoms with E-state index < -0.39 is 24.4 Å². The predicted molar refractivity (Wildman–Crippen MR) is 103 cm³/mol. The first-order chi connectivity index (χ1) is 14.1. The lowest BCUT2D eigenvalue weighted by Crippen LogP contribution is -2.38. The number of esters is 1. The summed E-state index contributed by atoms with van der Waals surface area (Å²) in [6.07, 6.45) is 1.59. The van der Waals surface area contributed by atoms with Crippen molar-refractivity contribution >= 4 is 23.6 Å². The van der Waals surface area contributed by atoms with Gasteiger partial charge in [-0.2, -0.15) is 0 Å². The Morgan fingerprint density at radius 3 is 2.55 bits per heavy atom. The summed E-state index contributed by atoms with van der Waals surface area (Å²) in [5, 5.41) is 2.18. The second-order valence-electron chi connectivity index (χ2n) is 6.16. The SMILES string of the molecule is COc1ccc(C(=O)NC(=O)COC(=O)c2cccnc2N2CCOCC2)cc1. The van der Waals surface area contributed by atoms with Gasteiger partial charge in [-0.3, -0.25) is 14.9 Å². The molecule has 1 aliphatic heterocycles. The normalized spacial score (nSPS) is 13.5. The lowest BCUT2D eigenvalue weighted by Gasteiger charge is -2.28. The van der Waals surface area contributed by atoms with Gasteiger partial charge in [0.15, 0.2) is 6.61 Å². The van der Waals surface area contributed by atoms with Gasteiger partial charge in [0, 0.05) is 24.8 Å². The van der Waals surface area contributed by atoms with Crippen molar-refractivity contribution in [3.05, 3.63) is 53.7 Å². The molecule has 1 aromatic carbocycles. The third-order valence-electron chi connectivity index (χ3n) is 4.26. The maximum Gasteiger partial charge on any atom is 0.342 e. The number of anilines is 1. The molecule has 1 fully saturated rings. The van der Waals surface area contributed by atoms with Crippen LogP contribution in [0.4, 0.5) is 5.82 Å². The second-order valence-corrected chi connectivity index (χ2v) is 6.16. The summed E-state index contributed by atoms with van der Waals surface area (Å²) in [7, 11) is 1.51. The van der Waals surface area contributed by atoms with E-state index in [0.717, 1.165) is 0 Å². The summed E-state index contributed by atoms with van der Waals surface area (Å²) >= 11 is 0. The van der Waals surface area contributed by atoms with E-state index in [1.807, 2.05) is 4.90 Å². The maximum atomic E-state index is 12.4. The van der Waals surface area contributed by atoms with Gasteiger partial charge < -0.3 is 19.1 Å². The molecule has 0 unspecified atom stereocenters. The number of morpholine rings is 1. The topological polar surface area (TPSA) is 107 Å². The van der Waals surface area contributed by atoms with Crippen molar-refractivity contribution in [1.82, 2.24) is 10.3 Å². The largest absolute Gasteiger partial charge is 0.497 e. The first-order valence-electron chi connectivity index (χ1n) is 9.01. The molecule has 9 nitrogen and oxygen atoms in total. The van der Waals surface area contributed by atoms with E-state index >= 15 is 0 Å². The summed E-state index contributed by atoms with van der Waals surface area (Å²) in [4.78, 5) is 42.7. The first kappa shape index (κ1) is 20.3. The van der Waals surface area contributed by atoms with E-state index in [-0.39, 0.29) is 11.1 Å². The number of ether oxygens (including phenoxy) is 3. The molecule has 152 valence electrons. The molecule has 1 saturated heterocycles. The summed E-state index contributed by atoms with van der Waals surface area (Å²) in [5.74, 6) is -0.934. The number of methoxy groups -OCH3 is 1. The van der Waals surface area contributed by atoms with Gasteiger partial charge in [0.1, 0.15) is 17.1 Å². The van der Waals surface area contributed by atoms with Crippen LogP contribution in [-0.2, 0) is 14.3 Å². The molecule has 29 heavy (non-hydrogen) atoms. The first-order valence-corrected chi connectivity index (χ1v) is 9.01. The number of aromatic nitrogens is 1. The highest BCUT2D eigenvalue weighted by Gasteiger charge is 2.21. The van der Waals surface area contributed by atoms with Gasteiger partial charge in [-0.05, 0) is 36.4 Å². The van der Waals surface area contributed by atoms with E-state index in [1.54, 1.807) is 30.5 Å². The molecule has 2 aromatic rings. The highest BCUT2D eigenvalue weighted by Crippen LogP contribution is 2.19. The molecule has 1 N–H and O–H groups in total. The van der Waals surface area contributed by atoms with Crippen molar-refractivity contribution in [3.8, 4) is 5.75 Å². The minimum Gasteiger partial charge on any atom is -0.497 e. The number of imide groups is 1. The molecule has 0 spiro atoms. The molecule has 0 aliphatic carbocycles. The van der Waals surface area contributed by atoms with Crippen molar-refractivity contribution in [3.63, 3.8) is 0 Å². The van der Waals surface area contributed by atoms with Gasteiger partial charge in [0.2, 0.25) is 0 Å². The molecule has 2 heterocycles. The summed E-state index contributed by atoms with van der Waals surface area (Å²) in [6.45, 7) is 1.71. The lowest BCUT2D eigenvalue weighted by molar-refractivity contribution is -0.123. The predicted octanol–water partition coefficient (Wildman–Crippen LogP) is 1.04. The van der Waals surface area contributed by atoms with Crippen LogP contribution in [0.25, 0.3) is 0 Å². The Labute approximate surface area is 167 Å². The Balaban J connectivity index is 1.56. The number of hydrogen-bond acceptors (Lipinski definition) is 8. The molecule has 1 aromatic heterocycles. The molecular formula is C20H21N3O6. The number of nitrogens with one attached hydrogen (secondary N) is 1. The molecule has 9 heteroatoms. The van der Waals surface area contributed by atoms with Gasteiger partial charge in [-0.1, -0.05) is 0 Å². The van der Waals surface area contributed by atoms with Crippen LogP contribution in [0.1, 0.15) is 20.7 Å². The Hall–Kier alpha value is -3.46. The van der Waals surface area contributed by atoms with Gasteiger partial charge in [0.25, 0.3) is 11.8 Å². The van der Waals surface area contributed by atoms with Crippen molar-refractivity contribution in [2.45, 2.75) is 0 Å². The molecule has 0 bridgehead atoms. The van der Waals surface area contributed by atoms with E-state index in [1.165, 1.54) is 19.2 Å². The van der Waals surface area contributed by atoms with Crippen molar-refractivity contribution in [1.29, 1.82) is 0 Å². The Morgan fingerprint density at radius 1 is 1.14 bits per heavy atom. The van der Waals surface area contributed by atoms with Crippen LogP contribution in [0.3, 0.4) is 0 Å². The number of hydrogen-bond donors (Lipinski definition) is 1. The Bertz CT molecular complexity index is 878. The summed E-state index contributed by atoms with van der Waals surface area (Å²) < 4.78 is 15.4. The van der Waals surface area contributed by atoms with Crippen LogP contribution in [-0.4, -0.2) is 62.8 Å². The van der Waals surface area contributed by atoms with Gasteiger partial charge >= 0.3 is 5.97 Å². The fourth-order valence-electron chi connectivity index (χ4n) is 2.77. The minimum absolute atomic E-state index is 0.253. The van der Waals surface area contributed by atoms with Crippen LogP contribution < -0.4 is 15.0 Å². The Morgan fingerprint density at radius 2 is 1.86 bits per heavy atom. The standard InChI is InChI=1S/C20H21N3O6/c1-27-15-6-4-14(5-7-15)19(25)22-17(24)13-29-20(26)16-3-2-8-21-18(16)23-9-11-28-12-10-23/h2-8H,9-13H2,1H3,(H,22,24,25). The number of nitrogens with zero attached hydrogens (tertiary/aromatic N) is 2. The van der Waals surface area contributed by atoms with E-state index in [0.29, 0.717) is 37.9 Å². The van der Waals surface area contributed by atoms with E-state index in [9.17, 15) is 14.4 Å². The van der Waals surface area contributed by atoms with Crippen LogP contribution >= 0.6 is 0 Å². The Kier molecular flexibility index (Phi) is 6.75. The van der Waals surface area contributed by atoms with Crippen molar-refractivity contribution in [2.24, 2.45) is 0 Å². The number of pyridine rings is 1. The zero-order chi connectivity index (χ0) is 20.6. The molecule has 0 atom stereocenters. The maximum absolute atomic E-state index is 12.4. The second kappa shape index (κ2) is 9.65. The smallest absolute Gasteiger partial charge is 0.342 e. The average molecular weight is 399 g/mol.